The van der Waals surface area contributed by atoms with Crippen molar-refractivity contribution >= 4 is 17.8 Å². The van der Waals surface area contributed by atoms with Gasteiger partial charge in [0, 0.05) is 6.42 Å². The molecule has 2 atom stereocenters. The molecule has 2 aromatic carbocycles. The van der Waals surface area contributed by atoms with E-state index in [1.54, 1.807) is 14.2 Å². The summed E-state index contributed by atoms with van der Waals surface area (Å²) in [5, 5.41) is 7.71. The van der Waals surface area contributed by atoms with Crippen molar-refractivity contribution in [3.05, 3.63) is 59.7 Å². The quantitative estimate of drug-likeness (QED) is 0.548. The topological polar surface area (TPSA) is 106 Å². The molecule has 2 aromatic rings. The van der Waals surface area contributed by atoms with Crippen molar-refractivity contribution in [1.82, 2.24) is 16.0 Å². The van der Waals surface area contributed by atoms with E-state index in [1.807, 2.05) is 48.5 Å². The third kappa shape index (κ3) is 5.50. The molecule has 1 aliphatic rings. The highest BCUT2D eigenvalue weighted by Gasteiger charge is 2.29. The van der Waals surface area contributed by atoms with Gasteiger partial charge >= 0.3 is 6.03 Å². The van der Waals surface area contributed by atoms with Gasteiger partial charge in [-0.3, -0.25) is 14.9 Å². The van der Waals surface area contributed by atoms with Crippen LogP contribution in [0.4, 0.5) is 4.79 Å². The lowest BCUT2D eigenvalue weighted by Crippen LogP contribution is -2.34. The smallest absolute Gasteiger partial charge is 0.322 e. The van der Waals surface area contributed by atoms with Crippen LogP contribution in [0, 0.1) is 0 Å². The van der Waals surface area contributed by atoms with Gasteiger partial charge in [-0.05, 0) is 48.2 Å². The number of ether oxygens (including phenoxy) is 2. The van der Waals surface area contributed by atoms with Crippen molar-refractivity contribution in [1.29, 1.82) is 0 Å². The zero-order valence-electron chi connectivity index (χ0n) is 16.9. The largest absolute Gasteiger partial charge is 0.497 e. The minimum Gasteiger partial charge on any atom is -0.497 e. The highest BCUT2D eigenvalue weighted by atomic mass is 16.5. The van der Waals surface area contributed by atoms with Crippen LogP contribution in [0.1, 0.15) is 30.0 Å². The molecule has 158 valence electrons. The van der Waals surface area contributed by atoms with Gasteiger partial charge in [0.25, 0.3) is 5.91 Å². The van der Waals surface area contributed by atoms with Gasteiger partial charge in [0.1, 0.15) is 17.5 Å². The lowest BCUT2D eigenvalue weighted by Gasteiger charge is -2.20. The zero-order chi connectivity index (χ0) is 21.5. The second-order valence-corrected chi connectivity index (χ2v) is 7.00. The fourth-order valence-corrected chi connectivity index (χ4v) is 3.29. The minimum atomic E-state index is -0.677. The molecule has 1 fully saturated rings. The number of carbonyl (C=O) groups is 3. The molecular formula is C22H25N3O5. The molecule has 8 heteroatoms. The van der Waals surface area contributed by atoms with Gasteiger partial charge in [-0.15, -0.1) is 0 Å². The highest BCUT2D eigenvalue weighted by molar-refractivity contribution is 6.04. The van der Waals surface area contributed by atoms with Crippen LogP contribution in [0.25, 0.3) is 0 Å². The molecule has 0 aliphatic carbocycles. The maximum atomic E-state index is 12.6. The summed E-state index contributed by atoms with van der Waals surface area (Å²) in [4.78, 5) is 35.4. The number of urea groups is 1. The van der Waals surface area contributed by atoms with Crippen LogP contribution in [0.2, 0.25) is 0 Å². The van der Waals surface area contributed by atoms with Crippen molar-refractivity contribution in [2.75, 3.05) is 14.2 Å². The van der Waals surface area contributed by atoms with Gasteiger partial charge in [0.15, 0.2) is 0 Å². The predicted molar refractivity (Wildman–Crippen MR) is 110 cm³/mol. The Labute approximate surface area is 174 Å². The maximum Gasteiger partial charge on any atom is 0.322 e. The number of rotatable bonds is 9. The molecule has 1 saturated heterocycles. The van der Waals surface area contributed by atoms with E-state index < -0.39 is 18.0 Å². The summed E-state index contributed by atoms with van der Waals surface area (Å²) in [5.41, 5.74) is 1.98. The van der Waals surface area contributed by atoms with Crippen LogP contribution in [0.15, 0.2) is 48.5 Å². The first-order chi connectivity index (χ1) is 14.5. The fraction of sp³-hybridized carbons (Fsp3) is 0.318. The monoisotopic (exact) mass is 411 g/mol. The fourth-order valence-electron chi connectivity index (χ4n) is 3.29. The molecule has 0 spiro atoms. The summed E-state index contributed by atoms with van der Waals surface area (Å²) < 4.78 is 10.4. The summed E-state index contributed by atoms with van der Waals surface area (Å²) in [7, 11) is 3.21. The molecular weight excluding hydrogens is 386 g/mol. The third-order valence-electron chi connectivity index (χ3n) is 4.97. The first kappa shape index (κ1) is 21.2. The summed E-state index contributed by atoms with van der Waals surface area (Å²) in [6.45, 7) is 0. The minimum absolute atomic E-state index is 0.119. The van der Waals surface area contributed by atoms with E-state index in [0.29, 0.717) is 6.42 Å². The molecule has 1 aliphatic heterocycles. The molecule has 0 saturated carbocycles. The van der Waals surface area contributed by atoms with E-state index in [-0.39, 0.29) is 24.8 Å². The lowest BCUT2D eigenvalue weighted by molar-refractivity contribution is -0.122. The first-order valence-electron chi connectivity index (χ1n) is 9.66. The number of hydrogen-bond acceptors (Lipinski definition) is 5. The zero-order valence-corrected chi connectivity index (χ0v) is 16.9. The Kier molecular flexibility index (Phi) is 6.90. The molecule has 0 radical (unpaired) electrons. The van der Waals surface area contributed by atoms with E-state index in [0.717, 1.165) is 22.6 Å². The number of methoxy groups -OCH3 is 2. The standard InChI is InChI=1S/C22H25N3O5/c1-29-16-7-3-14(4-8-16)13-19(15-5-9-17(30-2)10-6-15)23-20(26)12-11-18-21(27)25-22(28)24-18/h3-10,18-19H,11-13H2,1-2H3,(H,23,26)(H2,24,25,27,28)/t18-,19+/m0/s1. The van der Waals surface area contributed by atoms with Crippen LogP contribution in [0.5, 0.6) is 11.5 Å². The summed E-state index contributed by atoms with van der Waals surface area (Å²) in [6.07, 6.45) is 0.942. The molecule has 8 nitrogen and oxygen atoms in total. The third-order valence-corrected chi connectivity index (χ3v) is 4.97. The molecule has 1 heterocycles. The number of carbonyl (C=O) groups excluding carboxylic acids is 3. The van der Waals surface area contributed by atoms with Crippen molar-refractivity contribution in [3.8, 4) is 11.5 Å². The van der Waals surface area contributed by atoms with E-state index in [9.17, 15) is 14.4 Å². The average molecular weight is 411 g/mol. The number of hydrogen-bond donors (Lipinski definition) is 3. The molecule has 0 aromatic heterocycles. The highest BCUT2D eigenvalue weighted by Crippen LogP contribution is 2.23. The predicted octanol–water partition coefficient (Wildman–Crippen LogP) is 2.09. The SMILES string of the molecule is COc1ccc(C[C@@H](NC(=O)CC[C@@H]2NC(=O)NC2=O)c2ccc(OC)cc2)cc1. The molecule has 30 heavy (non-hydrogen) atoms. The maximum absolute atomic E-state index is 12.6. The Balaban J connectivity index is 1.68. The molecule has 0 unspecified atom stereocenters. The van der Waals surface area contributed by atoms with E-state index in [2.05, 4.69) is 16.0 Å². The van der Waals surface area contributed by atoms with Gasteiger partial charge < -0.3 is 20.1 Å². The Morgan fingerprint density at radius 2 is 1.60 bits per heavy atom. The van der Waals surface area contributed by atoms with E-state index in [1.165, 1.54) is 0 Å². The second kappa shape index (κ2) is 9.78. The number of nitrogens with one attached hydrogen (secondary N) is 3. The summed E-state index contributed by atoms with van der Waals surface area (Å²) in [6, 6.07) is 13.7. The molecule has 4 amide bonds. The Hall–Kier alpha value is -3.55. The molecule has 3 rings (SSSR count). The lowest BCUT2D eigenvalue weighted by atomic mass is 9.98. The Morgan fingerprint density at radius 1 is 1.00 bits per heavy atom. The number of imide groups is 1. The van der Waals surface area contributed by atoms with E-state index >= 15 is 0 Å². The van der Waals surface area contributed by atoms with Crippen LogP contribution in [-0.2, 0) is 16.0 Å². The normalized spacial score (nSPS) is 16.4. The number of amides is 4. The van der Waals surface area contributed by atoms with Crippen LogP contribution in [0.3, 0.4) is 0 Å². The molecule has 0 bridgehead atoms. The van der Waals surface area contributed by atoms with Crippen molar-refractivity contribution in [2.24, 2.45) is 0 Å². The summed E-state index contributed by atoms with van der Waals surface area (Å²) >= 11 is 0. The van der Waals surface area contributed by atoms with Gasteiger partial charge in [-0.25, -0.2) is 4.79 Å². The molecule has 3 N–H and O–H groups in total. The van der Waals surface area contributed by atoms with Crippen LogP contribution in [-0.4, -0.2) is 38.1 Å². The van der Waals surface area contributed by atoms with Crippen molar-refractivity contribution in [3.63, 3.8) is 0 Å². The average Bonchev–Trinajstić information content (AvgIpc) is 3.09. The van der Waals surface area contributed by atoms with E-state index in [4.69, 9.17) is 9.47 Å². The van der Waals surface area contributed by atoms with Crippen molar-refractivity contribution < 1.29 is 23.9 Å². The Bertz CT molecular complexity index is 896. The number of benzene rings is 2. The van der Waals surface area contributed by atoms with Crippen molar-refractivity contribution in [2.45, 2.75) is 31.3 Å². The van der Waals surface area contributed by atoms with Gasteiger partial charge in [0.05, 0.1) is 20.3 Å². The van der Waals surface area contributed by atoms with Gasteiger partial charge in [-0.2, -0.15) is 0 Å². The van der Waals surface area contributed by atoms with Gasteiger partial charge in [-0.1, -0.05) is 24.3 Å². The van der Waals surface area contributed by atoms with Crippen LogP contribution >= 0.6 is 0 Å². The first-order valence-corrected chi connectivity index (χ1v) is 9.66. The van der Waals surface area contributed by atoms with Gasteiger partial charge in [0.2, 0.25) is 5.91 Å². The van der Waals surface area contributed by atoms with Crippen LogP contribution < -0.4 is 25.4 Å². The Morgan fingerprint density at radius 3 is 2.13 bits per heavy atom. The second-order valence-electron chi connectivity index (χ2n) is 7.00. The summed E-state index contributed by atoms with van der Waals surface area (Å²) in [5.74, 6) is 0.896.